The molecular formula is C17H21N3O. The van der Waals surface area contributed by atoms with Gasteiger partial charge in [0.05, 0.1) is 0 Å². The zero-order chi connectivity index (χ0) is 14.6. The van der Waals surface area contributed by atoms with Crippen LogP contribution in [-0.4, -0.2) is 10.1 Å². The molecule has 1 aromatic heterocycles. The van der Waals surface area contributed by atoms with Crippen molar-refractivity contribution in [1.29, 1.82) is 0 Å². The van der Waals surface area contributed by atoms with E-state index in [1.54, 1.807) is 0 Å². The van der Waals surface area contributed by atoms with Gasteiger partial charge in [0.1, 0.15) is 0 Å². The third-order valence-electron chi connectivity index (χ3n) is 5.43. The average molecular weight is 283 g/mol. The van der Waals surface area contributed by atoms with Crippen LogP contribution in [0.5, 0.6) is 0 Å². The van der Waals surface area contributed by atoms with Gasteiger partial charge in [0.15, 0.2) is 5.82 Å². The number of nitrogen functional groups attached to an aromatic ring is 1. The summed E-state index contributed by atoms with van der Waals surface area (Å²) in [6.07, 6.45) is 5.30. The molecule has 4 rings (SSSR count). The van der Waals surface area contributed by atoms with Gasteiger partial charge in [-0.05, 0) is 68.2 Å². The van der Waals surface area contributed by atoms with Crippen LogP contribution in [0.4, 0.5) is 5.69 Å². The second kappa shape index (κ2) is 4.58. The molecule has 2 fully saturated rings. The molecule has 0 amide bonds. The Morgan fingerprint density at radius 2 is 2.05 bits per heavy atom. The molecule has 2 bridgehead atoms. The van der Waals surface area contributed by atoms with Crippen LogP contribution in [0.25, 0.3) is 11.5 Å². The highest BCUT2D eigenvalue weighted by Crippen LogP contribution is 2.52. The molecule has 2 aliphatic carbocycles. The van der Waals surface area contributed by atoms with Gasteiger partial charge in [-0.1, -0.05) is 11.6 Å². The maximum absolute atomic E-state index is 5.95. The molecule has 3 unspecified atom stereocenters. The number of benzene rings is 1. The third kappa shape index (κ3) is 2.04. The Balaban J connectivity index is 1.69. The quantitative estimate of drug-likeness (QED) is 0.850. The molecule has 1 aromatic carbocycles. The van der Waals surface area contributed by atoms with Crippen LogP contribution in [-0.2, 0) is 0 Å². The summed E-state index contributed by atoms with van der Waals surface area (Å²) in [4.78, 5) is 4.69. The first-order valence-electron chi connectivity index (χ1n) is 7.82. The molecule has 4 heteroatoms. The first kappa shape index (κ1) is 12.9. The minimum Gasteiger partial charge on any atom is -0.399 e. The summed E-state index contributed by atoms with van der Waals surface area (Å²) in [7, 11) is 0. The monoisotopic (exact) mass is 283 g/mol. The van der Waals surface area contributed by atoms with Crippen LogP contribution in [0.15, 0.2) is 16.7 Å². The summed E-state index contributed by atoms with van der Waals surface area (Å²) in [5, 5.41) is 4.27. The molecule has 1 heterocycles. The number of rotatable bonds is 2. The fourth-order valence-corrected chi connectivity index (χ4v) is 4.17. The average Bonchev–Trinajstić information content (AvgIpc) is 3.17. The van der Waals surface area contributed by atoms with E-state index in [9.17, 15) is 0 Å². The lowest BCUT2D eigenvalue weighted by molar-refractivity contribution is 0.372. The second-order valence-corrected chi connectivity index (χ2v) is 6.75. The molecule has 0 spiro atoms. The van der Waals surface area contributed by atoms with Crippen molar-refractivity contribution < 1.29 is 4.52 Å². The Morgan fingerprint density at radius 1 is 1.19 bits per heavy atom. The first-order valence-corrected chi connectivity index (χ1v) is 7.82. The molecule has 4 nitrogen and oxygen atoms in total. The lowest BCUT2D eigenvalue weighted by Gasteiger charge is -2.17. The Morgan fingerprint density at radius 3 is 2.76 bits per heavy atom. The summed E-state index contributed by atoms with van der Waals surface area (Å²) in [6, 6.07) is 3.91. The van der Waals surface area contributed by atoms with Crippen LogP contribution in [0, 0.1) is 25.7 Å². The van der Waals surface area contributed by atoms with Gasteiger partial charge >= 0.3 is 0 Å². The molecule has 21 heavy (non-hydrogen) atoms. The molecule has 3 atom stereocenters. The molecular weight excluding hydrogens is 262 g/mol. The molecule has 0 saturated heterocycles. The third-order valence-corrected chi connectivity index (χ3v) is 5.43. The minimum absolute atomic E-state index is 0.503. The van der Waals surface area contributed by atoms with Gasteiger partial charge in [0.25, 0.3) is 5.89 Å². The fraction of sp³-hybridized carbons (Fsp3) is 0.529. The Labute approximate surface area is 124 Å². The lowest BCUT2D eigenvalue weighted by atomic mass is 9.88. The smallest absolute Gasteiger partial charge is 0.258 e. The van der Waals surface area contributed by atoms with Crippen molar-refractivity contribution in [3.63, 3.8) is 0 Å². The molecule has 110 valence electrons. The van der Waals surface area contributed by atoms with Crippen molar-refractivity contribution in [3.8, 4) is 11.5 Å². The predicted octanol–water partition coefficient (Wildman–Crippen LogP) is 3.84. The van der Waals surface area contributed by atoms with Gasteiger partial charge in [-0.2, -0.15) is 4.98 Å². The second-order valence-electron chi connectivity index (χ2n) is 6.75. The molecule has 2 aromatic rings. The van der Waals surface area contributed by atoms with E-state index in [2.05, 4.69) is 19.0 Å². The van der Waals surface area contributed by atoms with Gasteiger partial charge in [-0.25, -0.2) is 0 Å². The van der Waals surface area contributed by atoms with E-state index in [4.69, 9.17) is 15.2 Å². The molecule has 2 N–H and O–H groups in total. The number of aryl methyl sites for hydroxylation is 1. The normalized spacial score (nSPS) is 27.4. The lowest BCUT2D eigenvalue weighted by Crippen LogP contribution is -2.09. The Bertz CT molecular complexity index is 691. The van der Waals surface area contributed by atoms with Crippen LogP contribution in [0.3, 0.4) is 0 Å². The highest BCUT2D eigenvalue weighted by molar-refractivity contribution is 5.66. The van der Waals surface area contributed by atoms with Crippen molar-refractivity contribution in [1.82, 2.24) is 10.1 Å². The topological polar surface area (TPSA) is 64.9 Å². The number of hydrogen-bond acceptors (Lipinski definition) is 4. The number of nitrogens with zero attached hydrogens (tertiary/aromatic N) is 2. The summed E-state index contributed by atoms with van der Waals surface area (Å²) in [5.41, 5.74) is 9.98. The maximum Gasteiger partial charge on any atom is 0.258 e. The number of anilines is 1. The number of fused-ring (bicyclic) bond motifs is 2. The molecule has 2 saturated carbocycles. The molecule has 0 aliphatic heterocycles. The van der Waals surface area contributed by atoms with E-state index in [1.807, 2.05) is 12.1 Å². The highest BCUT2D eigenvalue weighted by Gasteiger charge is 2.42. The van der Waals surface area contributed by atoms with E-state index >= 15 is 0 Å². The largest absolute Gasteiger partial charge is 0.399 e. The zero-order valence-electron chi connectivity index (χ0n) is 12.6. The van der Waals surface area contributed by atoms with E-state index in [1.165, 1.54) is 25.7 Å². The van der Waals surface area contributed by atoms with Gasteiger partial charge in [-0.3, -0.25) is 0 Å². The first-order chi connectivity index (χ1) is 10.1. The van der Waals surface area contributed by atoms with Crippen LogP contribution in [0.1, 0.15) is 48.6 Å². The van der Waals surface area contributed by atoms with Gasteiger partial charge in [-0.15, -0.1) is 0 Å². The predicted molar refractivity (Wildman–Crippen MR) is 81.8 cm³/mol. The Hall–Kier alpha value is -1.84. The summed E-state index contributed by atoms with van der Waals surface area (Å²) < 4.78 is 5.54. The van der Waals surface area contributed by atoms with Crippen molar-refractivity contribution in [2.24, 2.45) is 11.8 Å². The number of hydrogen-bond donors (Lipinski definition) is 1. The van der Waals surface area contributed by atoms with Gasteiger partial charge in [0, 0.05) is 17.2 Å². The highest BCUT2D eigenvalue weighted by atomic mass is 16.5. The summed E-state index contributed by atoms with van der Waals surface area (Å²) >= 11 is 0. The van der Waals surface area contributed by atoms with Crippen molar-refractivity contribution in [2.45, 2.75) is 45.4 Å². The molecule has 0 radical (unpaired) electrons. The number of aromatic nitrogens is 2. The molecule has 2 aliphatic rings. The van der Waals surface area contributed by atoms with Crippen LogP contribution >= 0.6 is 0 Å². The van der Waals surface area contributed by atoms with Crippen molar-refractivity contribution in [3.05, 3.63) is 29.1 Å². The van der Waals surface area contributed by atoms with Crippen molar-refractivity contribution >= 4 is 5.69 Å². The SMILES string of the molecule is Cc1cc(N)cc(-c2nc(C3CC4CCC3C4)no2)c1C. The van der Waals surface area contributed by atoms with Crippen LogP contribution < -0.4 is 5.73 Å². The maximum atomic E-state index is 5.95. The Kier molecular flexibility index (Phi) is 2.81. The van der Waals surface area contributed by atoms with E-state index in [0.717, 1.165) is 40.0 Å². The van der Waals surface area contributed by atoms with Gasteiger partial charge in [0.2, 0.25) is 0 Å². The fourth-order valence-electron chi connectivity index (χ4n) is 4.17. The van der Waals surface area contributed by atoms with E-state index in [-0.39, 0.29) is 0 Å². The van der Waals surface area contributed by atoms with Crippen molar-refractivity contribution in [2.75, 3.05) is 5.73 Å². The van der Waals surface area contributed by atoms with E-state index < -0.39 is 0 Å². The van der Waals surface area contributed by atoms with E-state index in [0.29, 0.717) is 11.8 Å². The van der Waals surface area contributed by atoms with Crippen LogP contribution in [0.2, 0.25) is 0 Å². The summed E-state index contributed by atoms with van der Waals surface area (Å²) in [5.74, 6) is 3.67. The standard InChI is InChI=1S/C17H21N3O/c1-9-5-13(18)8-14(10(9)2)17-19-16(20-21-17)15-7-11-3-4-12(15)6-11/h5,8,11-12,15H,3-4,6-7,18H2,1-2H3. The van der Waals surface area contributed by atoms with Gasteiger partial charge < -0.3 is 10.3 Å². The summed E-state index contributed by atoms with van der Waals surface area (Å²) in [6.45, 7) is 4.13. The number of nitrogens with two attached hydrogens (primary N) is 1. The minimum atomic E-state index is 0.503. The zero-order valence-corrected chi connectivity index (χ0v) is 12.6.